The highest BCUT2D eigenvalue weighted by molar-refractivity contribution is 5.95. The van der Waals surface area contributed by atoms with Crippen LogP contribution in [0.5, 0.6) is 17.2 Å². The Hall–Kier alpha value is -2.04. The van der Waals surface area contributed by atoms with Crippen molar-refractivity contribution in [3.05, 3.63) is 16.7 Å². The van der Waals surface area contributed by atoms with Crippen LogP contribution in [0.25, 0.3) is 0 Å². The number of rotatable bonds is 4. The standard InChI is InChI=1S/C23H30O5/c1-12(2)7-14-9-23(8-13-5-6-17(13)22(23,3)4)28-21-16(11-25)19(26)15(10-24)20(27)18(14)21/h10-14,17,26-27H,5-9H2,1-4H3/t13-,14-,17-,23-/m1/s1. The van der Waals surface area contributed by atoms with Crippen molar-refractivity contribution in [1.29, 1.82) is 0 Å². The Bertz CT molecular complexity index is 840. The average molecular weight is 386 g/mol. The number of aromatic hydroxyl groups is 2. The summed E-state index contributed by atoms with van der Waals surface area (Å²) in [5.74, 6) is 1.13. The van der Waals surface area contributed by atoms with Crippen LogP contribution >= 0.6 is 0 Å². The molecule has 2 fully saturated rings. The molecule has 1 aliphatic heterocycles. The van der Waals surface area contributed by atoms with Crippen LogP contribution in [0.2, 0.25) is 0 Å². The first-order valence-electron chi connectivity index (χ1n) is 10.4. The van der Waals surface area contributed by atoms with E-state index >= 15 is 0 Å². The molecule has 0 bridgehead atoms. The maximum Gasteiger partial charge on any atom is 0.157 e. The lowest BCUT2D eigenvalue weighted by atomic mass is 9.62. The number of carbonyl (C=O) groups is 2. The Morgan fingerprint density at radius 1 is 1.07 bits per heavy atom. The molecule has 1 aromatic rings. The van der Waals surface area contributed by atoms with Gasteiger partial charge >= 0.3 is 0 Å². The van der Waals surface area contributed by atoms with Crippen molar-refractivity contribution in [2.45, 2.75) is 71.3 Å². The molecule has 1 spiro atoms. The minimum Gasteiger partial charge on any atom is -0.507 e. The molecular weight excluding hydrogens is 356 g/mol. The lowest BCUT2D eigenvalue weighted by molar-refractivity contribution is -0.0629. The number of hydrogen-bond donors (Lipinski definition) is 2. The third-order valence-electron chi connectivity index (χ3n) is 7.89. The number of ether oxygens (including phenoxy) is 1. The van der Waals surface area contributed by atoms with Crippen LogP contribution in [0, 0.1) is 23.2 Å². The quantitative estimate of drug-likeness (QED) is 0.724. The summed E-state index contributed by atoms with van der Waals surface area (Å²) in [4.78, 5) is 23.4. The number of carbonyl (C=O) groups excluding carboxylic acids is 2. The van der Waals surface area contributed by atoms with Gasteiger partial charge in [-0.1, -0.05) is 27.7 Å². The molecule has 28 heavy (non-hydrogen) atoms. The van der Waals surface area contributed by atoms with Crippen LogP contribution in [0.15, 0.2) is 0 Å². The molecule has 2 saturated carbocycles. The summed E-state index contributed by atoms with van der Waals surface area (Å²) in [5.41, 5.74) is -0.212. The molecular formula is C23H30O5. The van der Waals surface area contributed by atoms with Crippen molar-refractivity contribution >= 4 is 12.6 Å². The highest BCUT2D eigenvalue weighted by atomic mass is 16.5. The molecule has 0 aromatic heterocycles. The molecule has 1 aromatic carbocycles. The smallest absolute Gasteiger partial charge is 0.157 e. The summed E-state index contributed by atoms with van der Waals surface area (Å²) >= 11 is 0. The van der Waals surface area contributed by atoms with Crippen molar-refractivity contribution in [2.24, 2.45) is 23.2 Å². The van der Waals surface area contributed by atoms with Crippen molar-refractivity contribution < 1.29 is 24.5 Å². The second-order valence-corrected chi connectivity index (χ2v) is 10.00. The van der Waals surface area contributed by atoms with Gasteiger partial charge in [-0.05, 0) is 55.8 Å². The third-order valence-corrected chi connectivity index (χ3v) is 7.89. The molecule has 2 N–H and O–H groups in total. The number of fused-ring (bicyclic) bond motifs is 2. The van der Waals surface area contributed by atoms with Gasteiger partial charge in [0.05, 0.1) is 11.1 Å². The number of phenols is 2. The van der Waals surface area contributed by atoms with Crippen LogP contribution in [-0.2, 0) is 0 Å². The van der Waals surface area contributed by atoms with E-state index in [-0.39, 0.29) is 34.0 Å². The number of hydrogen-bond acceptors (Lipinski definition) is 5. The molecule has 0 unspecified atom stereocenters. The SMILES string of the molecule is CC(C)C[C@@H]1C[C@@]2(C[C@H]3CC[C@H]3C2(C)C)Oc2c(C=O)c(O)c(C=O)c(O)c21. The van der Waals surface area contributed by atoms with E-state index in [2.05, 4.69) is 27.7 Å². The fraction of sp³-hybridized carbons (Fsp3) is 0.652. The van der Waals surface area contributed by atoms with E-state index < -0.39 is 11.4 Å². The van der Waals surface area contributed by atoms with E-state index in [1.165, 1.54) is 12.8 Å². The highest BCUT2D eigenvalue weighted by Crippen LogP contribution is 2.68. The summed E-state index contributed by atoms with van der Waals surface area (Å²) in [7, 11) is 0. The van der Waals surface area contributed by atoms with Crippen LogP contribution in [0.3, 0.4) is 0 Å². The zero-order chi connectivity index (χ0) is 20.4. The van der Waals surface area contributed by atoms with Gasteiger partial charge in [0, 0.05) is 11.0 Å². The molecule has 0 saturated heterocycles. The molecule has 0 radical (unpaired) electrons. The number of phenolic OH excluding ortho intramolecular Hbond substituents is 2. The summed E-state index contributed by atoms with van der Waals surface area (Å²) in [6.45, 7) is 8.77. The molecule has 152 valence electrons. The largest absolute Gasteiger partial charge is 0.507 e. The monoisotopic (exact) mass is 386 g/mol. The molecule has 3 aliphatic rings. The fourth-order valence-corrected chi connectivity index (χ4v) is 6.29. The van der Waals surface area contributed by atoms with Crippen molar-refractivity contribution in [3.8, 4) is 17.2 Å². The van der Waals surface area contributed by atoms with Gasteiger partial charge < -0.3 is 14.9 Å². The fourth-order valence-electron chi connectivity index (χ4n) is 6.29. The predicted octanol–water partition coefficient (Wildman–Crippen LogP) is 4.83. The summed E-state index contributed by atoms with van der Waals surface area (Å²) < 4.78 is 6.60. The summed E-state index contributed by atoms with van der Waals surface area (Å²) in [6, 6.07) is 0. The Balaban J connectivity index is 1.94. The van der Waals surface area contributed by atoms with E-state index in [4.69, 9.17) is 4.74 Å². The van der Waals surface area contributed by atoms with Crippen LogP contribution in [-0.4, -0.2) is 28.4 Å². The van der Waals surface area contributed by atoms with Gasteiger partial charge in [-0.2, -0.15) is 0 Å². The zero-order valence-corrected chi connectivity index (χ0v) is 17.1. The molecule has 4 atom stereocenters. The Kier molecular flexibility index (Phi) is 4.29. The molecule has 0 amide bonds. The first-order valence-corrected chi connectivity index (χ1v) is 10.4. The number of benzene rings is 1. The molecule has 5 heteroatoms. The lowest BCUT2D eigenvalue weighted by Gasteiger charge is -2.50. The van der Waals surface area contributed by atoms with Gasteiger partial charge in [-0.25, -0.2) is 0 Å². The minimum atomic E-state index is -0.486. The van der Waals surface area contributed by atoms with E-state index in [1.807, 2.05) is 0 Å². The van der Waals surface area contributed by atoms with Crippen LogP contribution in [0.1, 0.15) is 92.0 Å². The second-order valence-electron chi connectivity index (χ2n) is 10.00. The van der Waals surface area contributed by atoms with Crippen molar-refractivity contribution in [2.75, 3.05) is 0 Å². The second kappa shape index (κ2) is 6.23. The predicted molar refractivity (Wildman–Crippen MR) is 105 cm³/mol. The lowest BCUT2D eigenvalue weighted by Crippen LogP contribution is -2.51. The zero-order valence-electron chi connectivity index (χ0n) is 17.1. The van der Waals surface area contributed by atoms with Crippen molar-refractivity contribution in [3.63, 3.8) is 0 Å². The van der Waals surface area contributed by atoms with Crippen LogP contribution < -0.4 is 4.74 Å². The van der Waals surface area contributed by atoms with E-state index in [1.54, 1.807) is 0 Å². The Labute approximate surface area is 166 Å². The average Bonchev–Trinajstić information content (AvgIpc) is 2.71. The number of aldehydes is 2. The first-order chi connectivity index (χ1) is 13.2. The highest BCUT2D eigenvalue weighted by Gasteiger charge is 2.65. The summed E-state index contributed by atoms with van der Waals surface area (Å²) in [5, 5.41) is 21.3. The molecule has 5 nitrogen and oxygen atoms in total. The van der Waals surface area contributed by atoms with Gasteiger partial charge in [-0.3, -0.25) is 9.59 Å². The maximum atomic E-state index is 11.9. The van der Waals surface area contributed by atoms with E-state index in [0.29, 0.717) is 35.9 Å². The van der Waals surface area contributed by atoms with Gasteiger partial charge in [0.2, 0.25) is 0 Å². The minimum absolute atomic E-state index is 0.0159. The van der Waals surface area contributed by atoms with E-state index in [0.717, 1.165) is 19.3 Å². The van der Waals surface area contributed by atoms with Gasteiger partial charge in [0.25, 0.3) is 0 Å². The van der Waals surface area contributed by atoms with Gasteiger partial charge in [-0.15, -0.1) is 0 Å². The molecule has 1 heterocycles. The first kappa shape index (κ1) is 19.3. The van der Waals surface area contributed by atoms with Crippen molar-refractivity contribution in [1.82, 2.24) is 0 Å². The third kappa shape index (κ3) is 2.37. The van der Waals surface area contributed by atoms with E-state index in [9.17, 15) is 19.8 Å². The summed E-state index contributed by atoms with van der Waals surface area (Å²) in [6.07, 6.45) is 5.88. The molecule has 4 rings (SSSR count). The Morgan fingerprint density at radius 2 is 1.75 bits per heavy atom. The Morgan fingerprint density at radius 3 is 2.21 bits per heavy atom. The normalized spacial score (nSPS) is 32.4. The topological polar surface area (TPSA) is 83.8 Å². The van der Waals surface area contributed by atoms with Gasteiger partial charge in [0.1, 0.15) is 22.8 Å². The van der Waals surface area contributed by atoms with Gasteiger partial charge in [0.15, 0.2) is 12.6 Å². The molecule has 2 aliphatic carbocycles. The van der Waals surface area contributed by atoms with Crippen LogP contribution in [0.4, 0.5) is 0 Å². The maximum absolute atomic E-state index is 11.9.